The van der Waals surface area contributed by atoms with Crippen molar-refractivity contribution in [2.24, 2.45) is 0 Å². The van der Waals surface area contributed by atoms with E-state index in [0.29, 0.717) is 23.9 Å². The third kappa shape index (κ3) is 11.4. The van der Waals surface area contributed by atoms with Crippen molar-refractivity contribution in [2.75, 3.05) is 6.54 Å². The van der Waals surface area contributed by atoms with Gasteiger partial charge in [0, 0.05) is 20.1 Å². The number of nitrogens with zero attached hydrogens (tertiary/aromatic N) is 1. The van der Waals surface area contributed by atoms with Crippen molar-refractivity contribution in [3.63, 3.8) is 0 Å². The van der Waals surface area contributed by atoms with E-state index in [2.05, 4.69) is 0 Å². The minimum atomic E-state index is -5.16. The van der Waals surface area contributed by atoms with Crippen LogP contribution in [0.4, 0.5) is 0 Å². The van der Waals surface area contributed by atoms with Crippen LogP contribution in [0.2, 0.25) is 0 Å². The minimum Gasteiger partial charge on any atom is -0.810 e. The molecule has 19 heavy (non-hydrogen) atoms. The maximum Gasteiger partial charge on any atom is 1.00 e. The Hall–Kier alpha value is 4.26. The summed E-state index contributed by atoms with van der Waals surface area (Å²) in [6, 6.07) is 0. The van der Waals surface area contributed by atoms with Gasteiger partial charge in [-0.2, -0.15) is 0 Å². The normalized spacial score (nSPS) is 20.7. The van der Waals surface area contributed by atoms with Crippen molar-refractivity contribution in [1.29, 1.82) is 0 Å². The van der Waals surface area contributed by atoms with Gasteiger partial charge < -0.3 is 28.7 Å². The molecule has 0 radical (unpaired) electrons. The molecule has 0 aromatic carbocycles. The number of rotatable bonds is 2. The molecule has 1 unspecified atom stereocenters. The maximum absolute atomic E-state index is 10.8. The van der Waals surface area contributed by atoms with E-state index >= 15 is 0 Å². The molecule has 1 aliphatic rings. The summed E-state index contributed by atoms with van der Waals surface area (Å²) in [6.07, 6.45) is 1.38. The Morgan fingerprint density at radius 1 is 0.842 bits per heavy atom. The first-order chi connectivity index (χ1) is 6.73. The quantitative estimate of drug-likeness (QED) is 0.358. The molecule has 90 valence electrons. The summed E-state index contributed by atoms with van der Waals surface area (Å²) in [4.78, 5) is 43.2. The van der Waals surface area contributed by atoms with Crippen LogP contribution >= 0.6 is 15.3 Å². The fraction of sp³-hybridized carbons (Fsp3) is 1.00. The Morgan fingerprint density at radius 3 is 1.68 bits per heavy atom. The minimum absolute atomic E-state index is 0. The third-order valence-corrected chi connectivity index (χ3v) is 4.93. The van der Waals surface area contributed by atoms with Gasteiger partial charge in [0.1, 0.15) is 0 Å². The Bertz CT molecular complexity index is 293. The zero-order valence-corrected chi connectivity index (χ0v) is 21.7. The number of hydrogen-bond donors (Lipinski definition) is 0. The monoisotopic (exact) mass is 347 g/mol. The maximum atomic E-state index is 10.8. The predicted molar refractivity (Wildman–Crippen MR) is 44.2 cm³/mol. The van der Waals surface area contributed by atoms with Gasteiger partial charge in [-0.05, 0) is 20.4 Å². The summed E-state index contributed by atoms with van der Waals surface area (Å²) in [5, 5.41) is 0. The summed E-state index contributed by atoms with van der Waals surface area (Å²) in [5.41, 5.74) is 0. The molecular weight excluding hydrogens is 336 g/mol. The van der Waals surface area contributed by atoms with E-state index in [0.717, 1.165) is 0 Å². The molecular formula is C6H11NNa4O6P2. The van der Waals surface area contributed by atoms with Crippen LogP contribution in [-0.2, 0) is 9.13 Å². The summed E-state index contributed by atoms with van der Waals surface area (Å²) in [7, 11) is -10.2. The zero-order chi connectivity index (χ0) is 11.7. The van der Waals surface area contributed by atoms with E-state index in [9.17, 15) is 28.7 Å². The topological polar surface area (TPSA) is 130 Å². The van der Waals surface area contributed by atoms with Gasteiger partial charge in [-0.3, -0.25) is 4.67 Å². The first kappa shape index (κ1) is 31.1. The zero-order valence-electron chi connectivity index (χ0n) is 11.9. The first-order valence-corrected chi connectivity index (χ1v) is 7.64. The molecule has 1 heterocycles. The van der Waals surface area contributed by atoms with Crippen molar-refractivity contribution in [2.45, 2.75) is 31.5 Å². The molecule has 0 aromatic heterocycles. The second kappa shape index (κ2) is 13.5. The second-order valence-electron chi connectivity index (χ2n) is 3.50. The van der Waals surface area contributed by atoms with Crippen LogP contribution in [0.25, 0.3) is 0 Å². The van der Waals surface area contributed by atoms with Crippen LogP contribution in [0.1, 0.15) is 25.7 Å². The van der Waals surface area contributed by atoms with E-state index in [1.54, 1.807) is 0 Å². The van der Waals surface area contributed by atoms with Crippen molar-refractivity contribution >= 4 is 15.3 Å². The van der Waals surface area contributed by atoms with E-state index in [4.69, 9.17) is 0 Å². The third-order valence-electron chi connectivity index (χ3n) is 2.37. The van der Waals surface area contributed by atoms with E-state index < -0.39 is 21.1 Å². The van der Waals surface area contributed by atoms with Gasteiger partial charge in [-0.25, -0.2) is 0 Å². The van der Waals surface area contributed by atoms with Gasteiger partial charge >= 0.3 is 118 Å². The summed E-state index contributed by atoms with van der Waals surface area (Å²) < 4.78 is 21.9. The molecule has 0 N–H and O–H groups in total. The van der Waals surface area contributed by atoms with Crippen molar-refractivity contribution in [3.05, 3.63) is 0 Å². The van der Waals surface area contributed by atoms with Crippen molar-refractivity contribution < 1.29 is 147 Å². The van der Waals surface area contributed by atoms with Crippen LogP contribution in [-0.4, -0.2) is 17.0 Å². The largest absolute Gasteiger partial charge is 1.00 e. The summed E-state index contributed by atoms with van der Waals surface area (Å²) in [5.74, 6) is -1.69. The fourth-order valence-electron chi connectivity index (χ4n) is 1.68. The van der Waals surface area contributed by atoms with Gasteiger partial charge in [0.2, 0.25) is 0 Å². The molecule has 0 spiro atoms. The van der Waals surface area contributed by atoms with Crippen molar-refractivity contribution in [1.82, 2.24) is 4.67 Å². The molecule has 0 saturated carbocycles. The number of hydrogen-bond acceptors (Lipinski definition) is 6. The van der Waals surface area contributed by atoms with Gasteiger partial charge in [0.25, 0.3) is 0 Å². The molecule has 1 saturated heterocycles. The standard InChI is InChI=1S/C6H15NO6P2.4Na/c8-14(9,10)6-4-2-1-3-5-7(6)15(11,12)13;;;;/h6H,1-5H2,(H2,8,9,10)(H2,11,12,13);;;;/q;4*+1/p-4. The predicted octanol–water partition coefficient (Wildman–Crippen LogP) is -14.1. The molecule has 1 atom stereocenters. The second-order valence-corrected chi connectivity index (χ2v) is 6.63. The Morgan fingerprint density at radius 2 is 1.32 bits per heavy atom. The first-order valence-electron chi connectivity index (χ1n) is 4.54. The average molecular weight is 347 g/mol. The van der Waals surface area contributed by atoms with E-state index in [1.807, 2.05) is 0 Å². The molecule has 1 rings (SSSR count). The smallest absolute Gasteiger partial charge is 0.810 e. The molecule has 0 aliphatic carbocycles. The van der Waals surface area contributed by atoms with Crippen LogP contribution in [0.15, 0.2) is 0 Å². The van der Waals surface area contributed by atoms with Gasteiger partial charge in [-0.1, -0.05) is 12.8 Å². The molecule has 0 aromatic rings. The van der Waals surface area contributed by atoms with E-state index in [-0.39, 0.29) is 131 Å². The van der Waals surface area contributed by atoms with E-state index in [1.165, 1.54) is 0 Å². The van der Waals surface area contributed by atoms with Crippen LogP contribution < -0.4 is 138 Å². The van der Waals surface area contributed by atoms with Gasteiger partial charge in [0.05, 0.1) is 0 Å². The summed E-state index contributed by atoms with van der Waals surface area (Å²) in [6.45, 7) is -0.177. The molecule has 1 fully saturated rings. The summed E-state index contributed by atoms with van der Waals surface area (Å²) >= 11 is 0. The van der Waals surface area contributed by atoms with Crippen LogP contribution in [0.3, 0.4) is 0 Å². The average Bonchev–Trinajstić information content (AvgIpc) is 2.24. The van der Waals surface area contributed by atoms with Gasteiger partial charge in [-0.15, -0.1) is 0 Å². The van der Waals surface area contributed by atoms with Gasteiger partial charge in [0.15, 0.2) is 0 Å². The molecule has 0 bridgehead atoms. The Kier molecular flexibility index (Phi) is 22.1. The fourth-order valence-corrected chi connectivity index (χ4v) is 4.21. The SMILES string of the molecule is O=P([O-])([O-])C1CCCCCN1P(=O)([O-])[O-].[Na+].[Na+].[Na+].[Na+]. The molecule has 0 amide bonds. The Labute approximate surface area is 201 Å². The molecule has 1 aliphatic heterocycles. The van der Waals surface area contributed by atoms with Crippen LogP contribution in [0, 0.1) is 0 Å². The van der Waals surface area contributed by atoms with Crippen LogP contribution in [0.5, 0.6) is 0 Å². The van der Waals surface area contributed by atoms with Crippen molar-refractivity contribution in [3.8, 4) is 0 Å². The molecule has 7 nitrogen and oxygen atoms in total. The Balaban J connectivity index is -0.000000281. The molecule has 13 heteroatoms.